The molecule has 160 valence electrons. The number of esters is 1. The number of halogens is 1. The maximum absolute atomic E-state index is 11.5. The first-order valence-corrected chi connectivity index (χ1v) is 11.3. The number of carbonyl (C=O) groups is 1. The fraction of sp³-hybridized carbons (Fsp3) is 0.458. The third-order valence-corrected chi connectivity index (χ3v) is 6.36. The maximum atomic E-state index is 11.5. The van der Waals surface area contributed by atoms with E-state index in [0.717, 1.165) is 46.4 Å². The van der Waals surface area contributed by atoms with Gasteiger partial charge in [0, 0.05) is 24.2 Å². The molecular formula is C24H27BrO5. The number of ether oxygens (including phenoxy) is 4. The highest BCUT2D eigenvalue weighted by Crippen LogP contribution is 2.37. The van der Waals surface area contributed by atoms with Crippen molar-refractivity contribution in [2.24, 2.45) is 0 Å². The lowest BCUT2D eigenvalue weighted by Crippen LogP contribution is -2.33. The van der Waals surface area contributed by atoms with Crippen molar-refractivity contribution >= 4 is 21.9 Å². The third kappa shape index (κ3) is 4.98. The van der Waals surface area contributed by atoms with Crippen LogP contribution in [-0.2, 0) is 20.7 Å². The van der Waals surface area contributed by atoms with Crippen LogP contribution in [0, 0.1) is 0 Å². The highest BCUT2D eigenvalue weighted by Gasteiger charge is 2.31. The zero-order valence-corrected chi connectivity index (χ0v) is 18.9. The summed E-state index contributed by atoms with van der Waals surface area (Å²) in [5.41, 5.74) is 3.45. The molecular weight excluding hydrogens is 448 g/mol. The average molecular weight is 475 g/mol. The fourth-order valence-electron chi connectivity index (χ4n) is 4.13. The molecule has 2 aliphatic rings. The van der Waals surface area contributed by atoms with E-state index < -0.39 is 0 Å². The molecule has 0 spiro atoms. The summed E-state index contributed by atoms with van der Waals surface area (Å²) < 4.78 is 24.2. The molecule has 0 N–H and O–H groups in total. The zero-order valence-electron chi connectivity index (χ0n) is 17.4. The van der Waals surface area contributed by atoms with E-state index in [-0.39, 0.29) is 24.3 Å². The summed E-state index contributed by atoms with van der Waals surface area (Å²) in [6.45, 7) is 4.74. The molecule has 0 aliphatic carbocycles. The molecule has 1 saturated heterocycles. The van der Waals surface area contributed by atoms with Gasteiger partial charge in [-0.3, -0.25) is 4.79 Å². The van der Waals surface area contributed by atoms with Gasteiger partial charge in [0.15, 0.2) is 11.5 Å². The molecule has 2 heterocycles. The van der Waals surface area contributed by atoms with Gasteiger partial charge in [0.1, 0.15) is 19.3 Å². The van der Waals surface area contributed by atoms with Crippen LogP contribution in [0.15, 0.2) is 40.9 Å². The molecule has 2 aliphatic heterocycles. The normalized spacial score (nSPS) is 23.1. The summed E-state index contributed by atoms with van der Waals surface area (Å²) in [5.74, 6) is 1.37. The Labute approximate surface area is 185 Å². The van der Waals surface area contributed by atoms with Crippen molar-refractivity contribution in [1.29, 1.82) is 0 Å². The molecule has 2 aromatic rings. The number of hydrogen-bond acceptors (Lipinski definition) is 5. The van der Waals surface area contributed by atoms with Crippen molar-refractivity contribution in [1.82, 2.24) is 0 Å². The lowest BCUT2D eigenvalue weighted by molar-refractivity contribution is -0.160. The van der Waals surface area contributed by atoms with E-state index in [1.54, 1.807) is 0 Å². The molecule has 30 heavy (non-hydrogen) atoms. The monoisotopic (exact) mass is 474 g/mol. The van der Waals surface area contributed by atoms with Crippen molar-refractivity contribution in [2.45, 2.75) is 57.8 Å². The van der Waals surface area contributed by atoms with Crippen LogP contribution in [0.25, 0.3) is 0 Å². The maximum Gasteiger partial charge on any atom is 0.302 e. The van der Waals surface area contributed by atoms with Gasteiger partial charge < -0.3 is 18.9 Å². The third-order valence-electron chi connectivity index (χ3n) is 5.59. The van der Waals surface area contributed by atoms with Gasteiger partial charge in [0.05, 0.1) is 12.2 Å². The van der Waals surface area contributed by atoms with Gasteiger partial charge in [-0.15, -0.1) is 0 Å². The number of benzene rings is 2. The molecule has 0 amide bonds. The van der Waals surface area contributed by atoms with E-state index in [1.807, 2.05) is 6.07 Å². The molecule has 0 saturated carbocycles. The van der Waals surface area contributed by atoms with Crippen molar-refractivity contribution < 1.29 is 23.7 Å². The number of hydrogen-bond donors (Lipinski definition) is 0. The highest BCUT2D eigenvalue weighted by atomic mass is 79.9. The molecule has 6 heteroatoms. The molecule has 0 bridgehead atoms. The summed E-state index contributed by atoms with van der Waals surface area (Å²) >= 11 is 3.69. The minimum Gasteiger partial charge on any atom is -0.486 e. The molecule has 1 fully saturated rings. The fourth-order valence-corrected chi connectivity index (χ4v) is 4.51. The number of fused-ring (bicyclic) bond motifs is 1. The van der Waals surface area contributed by atoms with Gasteiger partial charge in [-0.05, 0) is 47.7 Å². The second-order valence-corrected chi connectivity index (χ2v) is 8.72. The van der Waals surface area contributed by atoms with Crippen LogP contribution in [0.5, 0.6) is 11.5 Å². The SMILES string of the molecule is CC[C@@H]1C[C@H](OC(C)=O)C[C@H](c2ccc(Br)c(Cc3ccc4c(c3)OCCO4)c2)O1. The van der Waals surface area contributed by atoms with Crippen molar-refractivity contribution in [3.8, 4) is 11.5 Å². The summed E-state index contributed by atoms with van der Waals surface area (Å²) in [4.78, 5) is 11.5. The van der Waals surface area contributed by atoms with Crippen molar-refractivity contribution in [3.05, 3.63) is 57.6 Å². The second kappa shape index (κ2) is 9.40. The molecule has 0 unspecified atom stereocenters. The van der Waals surface area contributed by atoms with E-state index in [4.69, 9.17) is 18.9 Å². The molecule has 2 aromatic carbocycles. The molecule has 0 radical (unpaired) electrons. The summed E-state index contributed by atoms with van der Waals surface area (Å²) in [5, 5.41) is 0. The van der Waals surface area contributed by atoms with Crippen LogP contribution in [0.2, 0.25) is 0 Å². The van der Waals surface area contributed by atoms with E-state index in [1.165, 1.54) is 12.5 Å². The lowest BCUT2D eigenvalue weighted by atomic mass is 9.93. The molecule has 4 rings (SSSR count). The van der Waals surface area contributed by atoms with Gasteiger partial charge in [0.25, 0.3) is 0 Å². The summed E-state index contributed by atoms with van der Waals surface area (Å²) in [6, 6.07) is 12.4. The average Bonchev–Trinajstić information content (AvgIpc) is 2.74. The van der Waals surface area contributed by atoms with Crippen LogP contribution in [0.3, 0.4) is 0 Å². The van der Waals surface area contributed by atoms with E-state index in [0.29, 0.717) is 19.6 Å². The van der Waals surface area contributed by atoms with Gasteiger partial charge in [-0.25, -0.2) is 0 Å². The quantitative estimate of drug-likeness (QED) is 0.544. The predicted molar refractivity (Wildman–Crippen MR) is 117 cm³/mol. The second-order valence-electron chi connectivity index (χ2n) is 7.86. The van der Waals surface area contributed by atoms with E-state index >= 15 is 0 Å². The van der Waals surface area contributed by atoms with E-state index in [2.05, 4.69) is 53.2 Å². The highest BCUT2D eigenvalue weighted by molar-refractivity contribution is 9.10. The van der Waals surface area contributed by atoms with Gasteiger partial charge >= 0.3 is 5.97 Å². The first-order valence-electron chi connectivity index (χ1n) is 10.5. The van der Waals surface area contributed by atoms with Gasteiger partial charge in [-0.2, -0.15) is 0 Å². The Hall–Kier alpha value is -2.05. The molecule has 0 aromatic heterocycles. The lowest BCUT2D eigenvalue weighted by Gasteiger charge is -2.35. The zero-order chi connectivity index (χ0) is 21.1. The van der Waals surface area contributed by atoms with Crippen LogP contribution >= 0.6 is 15.9 Å². The van der Waals surface area contributed by atoms with Crippen LogP contribution in [0.1, 0.15) is 55.9 Å². The largest absolute Gasteiger partial charge is 0.486 e. The Morgan fingerprint density at radius 1 is 1.10 bits per heavy atom. The Kier molecular flexibility index (Phi) is 6.64. The molecule has 5 nitrogen and oxygen atoms in total. The Bertz CT molecular complexity index is 912. The van der Waals surface area contributed by atoms with Crippen molar-refractivity contribution in [3.63, 3.8) is 0 Å². The van der Waals surface area contributed by atoms with Crippen LogP contribution < -0.4 is 9.47 Å². The Morgan fingerprint density at radius 3 is 2.67 bits per heavy atom. The number of carbonyl (C=O) groups excluding carboxylic acids is 1. The topological polar surface area (TPSA) is 54.0 Å². The van der Waals surface area contributed by atoms with Gasteiger partial charge in [0.2, 0.25) is 0 Å². The van der Waals surface area contributed by atoms with Crippen molar-refractivity contribution in [2.75, 3.05) is 13.2 Å². The minimum atomic E-state index is -0.231. The Balaban J connectivity index is 1.54. The minimum absolute atomic E-state index is 0.0832. The predicted octanol–water partition coefficient (Wildman–Crippen LogP) is 5.37. The first kappa shape index (κ1) is 21.2. The summed E-state index contributed by atoms with van der Waals surface area (Å²) in [7, 11) is 0. The van der Waals surface area contributed by atoms with Crippen LogP contribution in [-0.4, -0.2) is 31.4 Å². The smallest absolute Gasteiger partial charge is 0.302 e. The Morgan fingerprint density at radius 2 is 1.90 bits per heavy atom. The first-order chi connectivity index (χ1) is 14.5. The summed E-state index contributed by atoms with van der Waals surface area (Å²) in [6.07, 6.45) is 3.01. The molecule has 3 atom stereocenters. The standard InChI is InChI=1S/C24H27BrO5/c1-3-19-13-20(29-15(2)26)14-23(30-19)17-5-6-21(25)18(12-17)10-16-4-7-22-24(11-16)28-9-8-27-22/h4-7,11-12,19-20,23H,3,8-10,13-14H2,1-2H3/t19-,20+,23-/m1/s1. The van der Waals surface area contributed by atoms with E-state index in [9.17, 15) is 4.79 Å². The number of rotatable bonds is 5. The van der Waals surface area contributed by atoms with Gasteiger partial charge in [-0.1, -0.05) is 41.1 Å². The van der Waals surface area contributed by atoms with Crippen LogP contribution in [0.4, 0.5) is 0 Å².